The quantitative estimate of drug-likeness (QED) is 0.565. The van der Waals surface area contributed by atoms with Gasteiger partial charge in [0.25, 0.3) is 0 Å². The molecule has 0 saturated carbocycles. The summed E-state index contributed by atoms with van der Waals surface area (Å²) >= 11 is 1.34. The van der Waals surface area contributed by atoms with Gasteiger partial charge in [-0.15, -0.1) is 10.2 Å². The zero-order valence-corrected chi connectivity index (χ0v) is 16.9. The number of hydrogen-bond donors (Lipinski definition) is 1. The molecule has 1 aliphatic rings. The van der Waals surface area contributed by atoms with Gasteiger partial charge >= 0.3 is 0 Å². The minimum Gasteiger partial charge on any atom is -0.497 e. The molecule has 1 unspecified atom stereocenters. The van der Waals surface area contributed by atoms with Crippen LogP contribution in [0.15, 0.2) is 52.2 Å². The van der Waals surface area contributed by atoms with Crippen molar-refractivity contribution in [2.75, 3.05) is 24.8 Å². The van der Waals surface area contributed by atoms with Crippen LogP contribution in [0.3, 0.4) is 0 Å². The van der Waals surface area contributed by atoms with Gasteiger partial charge in [0, 0.05) is 12.3 Å². The van der Waals surface area contributed by atoms with Crippen molar-refractivity contribution in [3.8, 4) is 17.3 Å². The van der Waals surface area contributed by atoms with Gasteiger partial charge in [0.05, 0.1) is 31.8 Å². The van der Waals surface area contributed by atoms with Crippen LogP contribution in [-0.2, 0) is 16.1 Å². The van der Waals surface area contributed by atoms with Gasteiger partial charge in [-0.25, -0.2) is 0 Å². The highest BCUT2D eigenvalue weighted by molar-refractivity contribution is 7.99. The predicted octanol–water partition coefficient (Wildman–Crippen LogP) is 3.46. The number of aromatic nitrogens is 3. The summed E-state index contributed by atoms with van der Waals surface area (Å²) in [6.07, 6.45) is 3.77. The van der Waals surface area contributed by atoms with Crippen molar-refractivity contribution in [2.45, 2.75) is 30.6 Å². The first kappa shape index (κ1) is 19.5. The molecular formula is C20H22N4O4S. The van der Waals surface area contributed by atoms with Crippen LogP contribution in [-0.4, -0.2) is 46.2 Å². The van der Waals surface area contributed by atoms with Gasteiger partial charge in [0.15, 0.2) is 10.9 Å². The zero-order chi connectivity index (χ0) is 20.1. The number of carbonyl (C=O) groups excluding carboxylic acids is 1. The van der Waals surface area contributed by atoms with Crippen molar-refractivity contribution in [3.05, 3.63) is 42.7 Å². The maximum absolute atomic E-state index is 12.4. The number of ether oxygens (including phenoxy) is 2. The van der Waals surface area contributed by atoms with E-state index in [0.717, 1.165) is 25.2 Å². The van der Waals surface area contributed by atoms with Crippen LogP contribution < -0.4 is 10.1 Å². The summed E-state index contributed by atoms with van der Waals surface area (Å²) in [6.45, 7) is 1.40. The number of rotatable bonds is 8. The van der Waals surface area contributed by atoms with Crippen molar-refractivity contribution in [1.82, 2.24) is 14.8 Å². The first-order valence-corrected chi connectivity index (χ1v) is 10.4. The lowest BCUT2D eigenvalue weighted by atomic mass is 10.2. The van der Waals surface area contributed by atoms with Gasteiger partial charge in [-0.1, -0.05) is 11.8 Å². The molecule has 1 amide bonds. The second-order valence-electron chi connectivity index (χ2n) is 6.59. The van der Waals surface area contributed by atoms with Crippen molar-refractivity contribution in [2.24, 2.45) is 0 Å². The SMILES string of the molecule is COc1ccc(NC(=O)CSc2nnc(-c3ccco3)n2CC2CCCO2)cc1. The second-order valence-corrected chi connectivity index (χ2v) is 7.54. The van der Waals surface area contributed by atoms with Gasteiger partial charge in [-0.3, -0.25) is 9.36 Å². The van der Waals surface area contributed by atoms with Crippen LogP contribution >= 0.6 is 11.8 Å². The number of carbonyl (C=O) groups is 1. The third-order valence-electron chi connectivity index (χ3n) is 4.57. The van der Waals surface area contributed by atoms with E-state index in [1.54, 1.807) is 37.6 Å². The van der Waals surface area contributed by atoms with Gasteiger partial charge in [0.1, 0.15) is 5.75 Å². The Hall–Kier alpha value is -2.78. The predicted molar refractivity (Wildman–Crippen MR) is 109 cm³/mol. The molecule has 1 aromatic carbocycles. The molecule has 0 radical (unpaired) electrons. The number of furan rings is 1. The normalized spacial score (nSPS) is 16.1. The molecule has 1 aliphatic heterocycles. The Morgan fingerprint density at radius 3 is 2.86 bits per heavy atom. The highest BCUT2D eigenvalue weighted by atomic mass is 32.2. The van der Waals surface area contributed by atoms with E-state index in [4.69, 9.17) is 13.9 Å². The Labute approximate surface area is 172 Å². The molecule has 2 aromatic heterocycles. The van der Waals surface area contributed by atoms with Crippen molar-refractivity contribution >= 4 is 23.4 Å². The molecule has 4 rings (SSSR count). The Balaban J connectivity index is 1.43. The topological polar surface area (TPSA) is 91.4 Å². The maximum atomic E-state index is 12.4. The smallest absolute Gasteiger partial charge is 0.234 e. The van der Waals surface area contributed by atoms with Crippen LogP contribution in [0.25, 0.3) is 11.6 Å². The Bertz CT molecular complexity index is 934. The van der Waals surface area contributed by atoms with Crippen LogP contribution in [0.5, 0.6) is 5.75 Å². The standard InChI is InChI=1S/C20H22N4O4S/c1-26-15-8-6-14(7-9-15)21-18(25)13-29-20-23-22-19(17-5-3-11-28-17)24(20)12-16-4-2-10-27-16/h3,5-9,11,16H,2,4,10,12-13H2,1H3,(H,21,25). The molecule has 3 heterocycles. The van der Waals surface area contributed by atoms with Crippen molar-refractivity contribution in [1.29, 1.82) is 0 Å². The van der Waals surface area contributed by atoms with Crippen molar-refractivity contribution in [3.63, 3.8) is 0 Å². The molecule has 3 aromatic rings. The van der Waals surface area contributed by atoms with Crippen LogP contribution in [0.1, 0.15) is 12.8 Å². The average Bonchev–Trinajstić information content (AvgIpc) is 3.50. The minimum atomic E-state index is -0.119. The number of nitrogens with one attached hydrogen (secondary N) is 1. The fourth-order valence-electron chi connectivity index (χ4n) is 3.14. The number of benzene rings is 1. The second kappa shape index (κ2) is 9.15. The highest BCUT2D eigenvalue weighted by Gasteiger charge is 2.23. The Morgan fingerprint density at radius 2 is 2.17 bits per heavy atom. The molecular weight excluding hydrogens is 392 g/mol. The third-order valence-corrected chi connectivity index (χ3v) is 5.54. The molecule has 0 bridgehead atoms. The first-order chi connectivity index (χ1) is 14.2. The maximum Gasteiger partial charge on any atom is 0.234 e. The van der Waals surface area contributed by atoms with Crippen LogP contribution in [0.4, 0.5) is 5.69 Å². The van der Waals surface area contributed by atoms with Crippen molar-refractivity contribution < 1.29 is 18.7 Å². The zero-order valence-electron chi connectivity index (χ0n) is 16.0. The largest absolute Gasteiger partial charge is 0.497 e. The molecule has 0 spiro atoms. The molecule has 1 saturated heterocycles. The minimum absolute atomic E-state index is 0.118. The third kappa shape index (κ3) is 4.80. The lowest BCUT2D eigenvalue weighted by Gasteiger charge is -2.14. The fraction of sp³-hybridized carbons (Fsp3) is 0.350. The van der Waals surface area contributed by atoms with E-state index in [2.05, 4.69) is 15.5 Å². The van der Waals surface area contributed by atoms with Crippen LogP contribution in [0, 0.1) is 0 Å². The van der Waals surface area contributed by atoms with Crippen LogP contribution in [0.2, 0.25) is 0 Å². The lowest BCUT2D eigenvalue weighted by Crippen LogP contribution is -2.18. The summed E-state index contributed by atoms with van der Waals surface area (Å²) in [5.74, 6) is 2.12. The molecule has 1 atom stereocenters. The van der Waals surface area contributed by atoms with E-state index in [-0.39, 0.29) is 17.8 Å². The molecule has 29 heavy (non-hydrogen) atoms. The van der Waals surface area contributed by atoms with Gasteiger partial charge in [0.2, 0.25) is 11.7 Å². The Kier molecular flexibility index (Phi) is 6.16. The molecule has 8 nitrogen and oxygen atoms in total. The summed E-state index contributed by atoms with van der Waals surface area (Å²) in [4.78, 5) is 12.4. The lowest BCUT2D eigenvalue weighted by molar-refractivity contribution is -0.113. The average molecular weight is 414 g/mol. The summed E-state index contributed by atoms with van der Waals surface area (Å²) < 4.78 is 18.4. The van der Waals surface area contributed by atoms with E-state index >= 15 is 0 Å². The van der Waals surface area contributed by atoms with Gasteiger partial charge in [-0.2, -0.15) is 0 Å². The molecule has 9 heteroatoms. The summed E-state index contributed by atoms with van der Waals surface area (Å²) in [5, 5.41) is 12.1. The number of thioether (sulfide) groups is 1. The number of anilines is 1. The van der Waals surface area contributed by atoms with E-state index in [1.807, 2.05) is 16.7 Å². The van der Waals surface area contributed by atoms with Gasteiger partial charge < -0.3 is 19.2 Å². The van der Waals surface area contributed by atoms with E-state index in [1.165, 1.54) is 11.8 Å². The number of nitrogens with zero attached hydrogens (tertiary/aromatic N) is 3. The summed E-state index contributed by atoms with van der Waals surface area (Å²) in [6, 6.07) is 10.9. The molecule has 152 valence electrons. The molecule has 0 aliphatic carbocycles. The van der Waals surface area contributed by atoms with E-state index < -0.39 is 0 Å². The number of amides is 1. The Morgan fingerprint density at radius 1 is 1.31 bits per heavy atom. The van der Waals surface area contributed by atoms with E-state index in [0.29, 0.717) is 29.0 Å². The number of hydrogen-bond acceptors (Lipinski definition) is 7. The molecule has 1 N–H and O–H groups in total. The summed E-state index contributed by atoms with van der Waals surface area (Å²) in [5.41, 5.74) is 0.716. The summed E-state index contributed by atoms with van der Waals surface area (Å²) in [7, 11) is 1.61. The van der Waals surface area contributed by atoms with E-state index in [9.17, 15) is 4.79 Å². The highest BCUT2D eigenvalue weighted by Crippen LogP contribution is 2.27. The number of methoxy groups -OCH3 is 1. The fourth-order valence-corrected chi connectivity index (χ4v) is 3.89. The van der Waals surface area contributed by atoms with Gasteiger partial charge in [-0.05, 0) is 49.2 Å². The monoisotopic (exact) mass is 414 g/mol. The molecule has 1 fully saturated rings. The first-order valence-electron chi connectivity index (χ1n) is 9.38.